The first-order valence-corrected chi connectivity index (χ1v) is 10.8. The molecule has 0 aliphatic carbocycles. The first kappa shape index (κ1) is 22.9. The highest BCUT2D eigenvalue weighted by Gasteiger charge is 2.19. The van der Waals surface area contributed by atoms with Crippen LogP contribution in [0.3, 0.4) is 0 Å². The van der Waals surface area contributed by atoms with Gasteiger partial charge in [0, 0.05) is 46.0 Å². The number of hydrogen-bond acceptors (Lipinski definition) is 5. The monoisotopic (exact) mass is 441 g/mol. The Morgan fingerprint density at radius 2 is 1.61 bits per heavy atom. The number of aromatic nitrogens is 1. The number of aryl methyl sites for hydroxylation is 1. The van der Waals surface area contributed by atoms with Crippen LogP contribution in [0.4, 0.5) is 0 Å². The maximum Gasteiger partial charge on any atom is 0.129 e. The number of hydrogen-bond donors (Lipinski definition) is 3. The molecule has 1 aromatic heterocycles. The number of halogens is 1. The number of aliphatic imine (C=N–C) groups is 1. The molecule has 0 unspecified atom stereocenters. The van der Waals surface area contributed by atoms with Gasteiger partial charge in [0.1, 0.15) is 5.84 Å². The molecule has 1 aliphatic rings. The average Bonchev–Trinajstić information content (AvgIpc) is 3.21. The van der Waals surface area contributed by atoms with E-state index in [1.807, 2.05) is 60.3 Å². The fraction of sp³-hybridized carbons (Fsp3) is 0.348. The Bertz CT molecular complexity index is 967. The summed E-state index contributed by atoms with van der Waals surface area (Å²) in [6.07, 6.45) is 1.92. The predicted molar refractivity (Wildman–Crippen MR) is 130 cm³/mol. The molecule has 0 saturated carbocycles. The normalized spacial score (nSPS) is 18.0. The van der Waals surface area contributed by atoms with Crippen molar-refractivity contribution in [2.24, 2.45) is 29.2 Å². The van der Waals surface area contributed by atoms with E-state index in [4.69, 9.17) is 28.8 Å². The van der Waals surface area contributed by atoms with Crippen LogP contribution in [0.15, 0.2) is 64.3 Å². The predicted octanol–water partition coefficient (Wildman–Crippen LogP) is 1.87. The molecule has 1 fully saturated rings. The molecular weight excluding hydrogens is 410 g/mol. The second kappa shape index (κ2) is 10.5. The molecule has 1 aromatic carbocycles. The van der Waals surface area contributed by atoms with Gasteiger partial charge in [0.15, 0.2) is 0 Å². The second-order valence-electron chi connectivity index (χ2n) is 7.80. The summed E-state index contributed by atoms with van der Waals surface area (Å²) in [6, 6.07) is 13.4. The zero-order chi connectivity index (χ0) is 22.4. The number of likely N-dealkylation sites (N-methyl/N-ethyl adjacent to an activating group) is 1. The summed E-state index contributed by atoms with van der Waals surface area (Å²) in [4.78, 5) is 9.32. The Kier molecular flexibility index (Phi) is 7.79. The van der Waals surface area contributed by atoms with Gasteiger partial charge in [0.05, 0.1) is 34.2 Å². The minimum atomic E-state index is 0.289. The first-order chi connectivity index (χ1) is 14.9. The molecule has 1 aliphatic heterocycles. The average molecular weight is 442 g/mol. The lowest BCUT2D eigenvalue weighted by molar-refractivity contribution is 0.157. The number of nitrogens with two attached hydrogens (primary N) is 3. The van der Waals surface area contributed by atoms with Gasteiger partial charge >= 0.3 is 0 Å². The molecule has 166 valence electrons. The van der Waals surface area contributed by atoms with Crippen molar-refractivity contribution in [3.05, 3.63) is 70.5 Å². The van der Waals surface area contributed by atoms with Gasteiger partial charge in [-0.1, -0.05) is 41.9 Å². The van der Waals surface area contributed by atoms with Crippen molar-refractivity contribution in [3.63, 3.8) is 0 Å². The van der Waals surface area contributed by atoms with Gasteiger partial charge in [-0.25, -0.2) is 0 Å². The Hall–Kier alpha value is -2.74. The number of benzene rings is 1. The standard InChI is InChI=1S/C23H32ClN7/c1-29-13-15-31(16-14-29)12-10-28-23(27)19(22(26)18-9-6-11-30(18)2)20(24)21(25)17-7-4-3-5-8-17/h3-9,11H,10,12-16,25-26H2,1-2H3,(H2,27,28)/b21-20+,22-19?. The molecule has 0 atom stereocenters. The molecule has 2 heterocycles. The SMILES string of the molecule is CN1CCN(CCN=C(N)C(=C(N)c2cccn2C)/C(Cl)=C(\N)c2ccccc2)CC1. The van der Waals surface area contributed by atoms with Gasteiger partial charge in [0.2, 0.25) is 0 Å². The molecule has 0 radical (unpaired) electrons. The molecule has 31 heavy (non-hydrogen) atoms. The molecule has 3 rings (SSSR count). The fourth-order valence-corrected chi connectivity index (χ4v) is 3.89. The molecule has 0 amide bonds. The van der Waals surface area contributed by atoms with Crippen molar-refractivity contribution >= 4 is 28.8 Å². The summed E-state index contributed by atoms with van der Waals surface area (Å²) in [7, 11) is 4.06. The van der Waals surface area contributed by atoms with Crippen LogP contribution in [0.5, 0.6) is 0 Å². The molecular formula is C23H32ClN7. The largest absolute Gasteiger partial charge is 0.397 e. The highest BCUT2D eigenvalue weighted by Crippen LogP contribution is 2.28. The van der Waals surface area contributed by atoms with Gasteiger partial charge in [-0.3, -0.25) is 9.89 Å². The van der Waals surface area contributed by atoms with E-state index in [0.717, 1.165) is 44.0 Å². The summed E-state index contributed by atoms with van der Waals surface area (Å²) in [5.74, 6) is 0.289. The molecule has 0 bridgehead atoms. The van der Waals surface area contributed by atoms with Crippen molar-refractivity contribution in [2.75, 3.05) is 46.3 Å². The number of nitrogens with zero attached hydrogens (tertiary/aromatic N) is 4. The highest BCUT2D eigenvalue weighted by atomic mass is 35.5. The van der Waals surface area contributed by atoms with Crippen molar-refractivity contribution in [3.8, 4) is 0 Å². The van der Waals surface area contributed by atoms with Crippen molar-refractivity contribution in [2.45, 2.75) is 0 Å². The highest BCUT2D eigenvalue weighted by molar-refractivity contribution is 6.39. The summed E-state index contributed by atoms with van der Waals surface area (Å²) < 4.78 is 1.91. The zero-order valence-corrected chi connectivity index (χ0v) is 19.0. The summed E-state index contributed by atoms with van der Waals surface area (Å²) in [6.45, 7) is 5.58. The molecule has 1 saturated heterocycles. The Labute approximate surface area is 189 Å². The smallest absolute Gasteiger partial charge is 0.129 e. The lowest BCUT2D eigenvalue weighted by Crippen LogP contribution is -2.45. The third kappa shape index (κ3) is 5.70. The first-order valence-electron chi connectivity index (χ1n) is 10.4. The van der Waals surface area contributed by atoms with E-state index in [9.17, 15) is 0 Å². The Morgan fingerprint density at radius 1 is 0.935 bits per heavy atom. The molecule has 7 nitrogen and oxygen atoms in total. The van der Waals surface area contributed by atoms with E-state index in [2.05, 4.69) is 21.8 Å². The second-order valence-corrected chi connectivity index (χ2v) is 8.18. The lowest BCUT2D eigenvalue weighted by atomic mass is 10.1. The van der Waals surface area contributed by atoms with Crippen LogP contribution in [0.2, 0.25) is 0 Å². The summed E-state index contributed by atoms with van der Waals surface area (Å²) >= 11 is 6.77. The van der Waals surface area contributed by atoms with Crippen LogP contribution in [-0.2, 0) is 7.05 Å². The summed E-state index contributed by atoms with van der Waals surface area (Å²) in [5, 5.41) is 0.297. The van der Waals surface area contributed by atoms with E-state index < -0.39 is 0 Å². The molecule has 0 spiro atoms. The van der Waals surface area contributed by atoms with Gasteiger partial charge in [-0.2, -0.15) is 0 Å². The molecule has 6 N–H and O–H groups in total. The van der Waals surface area contributed by atoms with Gasteiger partial charge in [0.25, 0.3) is 0 Å². The third-order valence-electron chi connectivity index (χ3n) is 5.58. The van der Waals surface area contributed by atoms with E-state index in [1.54, 1.807) is 0 Å². The van der Waals surface area contributed by atoms with E-state index in [1.165, 1.54) is 0 Å². The maximum absolute atomic E-state index is 6.77. The Balaban J connectivity index is 1.92. The van der Waals surface area contributed by atoms with Crippen molar-refractivity contribution in [1.82, 2.24) is 14.4 Å². The maximum atomic E-state index is 6.77. The zero-order valence-electron chi connectivity index (χ0n) is 18.3. The topological polar surface area (TPSA) is 102 Å². The van der Waals surface area contributed by atoms with Crippen LogP contribution in [-0.4, -0.2) is 66.5 Å². The van der Waals surface area contributed by atoms with Gasteiger partial charge in [-0.05, 0) is 24.7 Å². The molecule has 8 heteroatoms. The lowest BCUT2D eigenvalue weighted by Gasteiger charge is -2.31. The van der Waals surface area contributed by atoms with E-state index in [-0.39, 0.29) is 5.84 Å². The van der Waals surface area contributed by atoms with Crippen molar-refractivity contribution in [1.29, 1.82) is 0 Å². The van der Waals surface area contributed by atoms with Crippen LogP contribution in [0, 0.1) is 0 Å². The number of amidine groups is 1. The van der Waals surface area contributed by atoms with Crippen LogP contribution in [0.1, 0.15) is 11.3 Å². The van der Waals surface area contributed by atoms with E-state index in [0.29, 0.717) is 28.5 Å². The minimum Gasteiger partial charge on any atom is -0.397 e. The summed E-state index contributed by atoms with van der Waals surface area (Å²) in [5.41, 5.74) is 22.3. The van der Waals surface area contributed by atoms with Crippen LogP contribution < -0.4 is 17.2 Å². The van der Waals surface area contributed by atoms with Crippen molar-refractivity contribution < 1.29 is 0 Å². The fourth-order valence-electron chi connectivity index (χ4n) is 3.58. The van der Waals surface area contributed by atoms with Gasteiger partial charge in [-0.15, -0.1) is 0 Å². The quantitative estimate of drug-likeness (QED) is 0.346. The minimum absolute atomic E-state index is 0.289. The van der Waals surface area contributed by atoms with Crippen LogP contribution >= 0.6 is 11.6 Å². The van der Waals surface area contributed by atoms with Gasteiger partial charge < -0.3 is 26.7 Å². The van der Waals surface area contributed by atoms with Crippen LogP contribution in [0.25, 0.3) is 11.4 Å². The number of piperazine rings is 1. The number of rotatable bonds is 7. The Morgan fingerprint density at radius 3 is 2.23 bits per heavy atom. The molecule has 2 aromatic rings. The third-order valence-corrected chi connectivity index (χ3v) is 5.97. The van der Waals surface area contributed by atoms with E-state index >= 15 is 0 Å².